The molecule has 3 rings (SSSR count). The summed E-state index contributed by atoms with van der Waals surface area (Å²) in [5.41, 5.74) is 7.02. The van der Waals surface area contributed by atoms with E-state index in [0.717, 1.165) is 30.1 Å². The number of carboxylic acid groups (broad SMARTS) is 1. The van der Waals surface area contributed by atoms with E-state index in [2.05, 4.69) is 22.2 Å². The molecule has 0 bridgehead atoms. The van der Waals surface area contributed by atoms with Crippen molar-refractivity contribution in [3.05, 3.63) is 15.6 Å². The van der Waals surface area contributed by atoms with Crippen LogP contribution in [0.3, 0.4) is 0 Å². The van der Waals surface area contributed by atoms with Crippen molar-refractivity contribution < 1.29 is 14.7 Å². The monoisotopic (exact) mass is 339 g/mol. The summed E-state index contributed by atoms with van der Waals surface area (Å²) < 4.78 is 0. The molecule has 2 aliphatic heterocycles. The zero-order valence-electron chi connectivity index (χ0n) is 13.0. The number of fused-ring (bicyclic) bond motifs is 1. The number of likely N-dealkylation sites (tertiary alicyclic amines) is 1. The fourth-order valence-corrected chi connectivity index (χ4v) is 4.08. The number of likely N-dealkylation sites (N-methyl/N-ethyl adjacent to an activating group) is 1. The first-order valence-corrected chi connectivity index (χ1v) is 8.47. The molecule has 0 aliphatic carbocycles. The molecule has 2 amide bonds. The number of piperidine rings is 1. The zero-order chi connectivity index (χ0) is 16.6. The van der Waals surface area contributed by atoms with Crippen molar-refractivity contribution in [2.75, 3.05) is 26.7 Å². The molecular formula is C14H21N5O3S. The number of rotatable bonds is 2. The molecule has 1 saturated heterocycles. The molecule has 1 aromatic rings. The summed E-state index contributed by atoms with van der Waals surface area (Å²) in [5.74, 6) is -0.212. The largest absolute Gasteiger partial charge is 0.465 e. The Morgan fingerprint density at radius 3 is 2.91 bits per heavy atom. The van der Waals surface area contributed by atoms with Crippen LogP contribution >= 0.6 is 11.3 Å². The molecule has 8 nitrogen and oxygen atoms in total. The zero-order valence-corrected chi connectivity index (χ0v) is 13.8. The first kappa shape index (κ1) is 16.2. The second-order valence-corrected chi connectivity index (χ2v) is 7.22. The topological polar surface area (TPSA) is 112 Å². The maximum absolute atomic E-state index is 12.4. The van der Waals surface area contributed by atoms with Crippen molar-refractivity contribution in [1.29, 1.82) is 0 Å². The van der Waals surface area contributed by atoms with Crippen LogP contribution in [0.25, 0.3) is 0 Å². The minimum atomic E-state index is -0.970. The van der Waals surface area contributed by atoms with Crippen molar-refractivity contribution in [3.8, 4) is 0 Å². The van der Waals surface area contributed by atoms with Gasteiger partial charge < -0.3 is 26.0 Å². The van der Waals surface area contributed by atoms with Gasteiger partial charge >= 0.3 is 6.09 Å². The molecule has 9 heteroatoms. The molecule has 126 valence electrons. The van der Waals surface area contributed by atoms with Crippen LogP contribution in [0.1, 0.15) is 26.8 Å². The number of nitrogens with two attached hydrogens (primary N) is 1. The van der Waals surface area contributed by atoms with Crippen LogP contribution < -0.4 is 11.1 Å². The number of amides is 2. The van der Waals surface area contributed by atoms with Gasteiger partial charge in [0.1, 0.15) is 0 Å². The highest BCUT2D eigenvalue weighted by atomic mass is 32.1. The van der Waals surface area contributed by atoms with Gasteiger partial charge in [-0.05, 0) is 13.5 Å². The lowest BCUT2D eigenvalue weighted by atomic mass is 10.0. The second-order valence-electron chi connectivity index (χ2n) is 6.14. The Morgan fingerprint density at radius 2 is 2.22 bits per heavy atom. The first-order valence-electron chi connectivity index (χ1n) is 7.65. The number of carbonyl (C=O) groups excluding carboxylic acids is 1. The minimum absolute atomic E-state index is 0.212. The molecule has 0 saturated carbocycles. The molecule has 1 fully saturated rings. The van der Waals surface area contributed by atoms with Crippen LogP contribution in [-0.4, -0.2) is 70.7 Å². The van der Waals surface area contributed by atoms with Crippen LogP contribution in [0.4, 0.5) is 4.79 Å². The highest BCUT2D eigenvalue weighted by molar-refractivity contribution is 7.13. The Balaban J connectivity index is 1.62. The Bertz CT molecular complexity index is 620. The highest BCUT2D eigenvalue weighted by Gasteiger charge is 2.31. The summed E-state index contributed by atoms with van der Waals surface area (Å²) in [5, 5.41) is 12.4. The van der Waals surface area contributed by atoms with Crippen LogP contribution in [0.15, 0.2) is 0 Å². The molecule has 0 unspecified atom stereocenters. The van der Waals surface area contributed by atoms with Crippen molar-refractivity contribution in [3.63, 3.8) is 0 Å². The number of nitrogens with one attached hydrogen (secondary N) is 1. The third-order valence-corrected chi connectivity index (χ3v) is 5.44. The predicted octanol–water partition coefficient (Wildman–Crippen LogP) is -0.0596. The minimum Gasteiger partial charge on any atom is -0.465 e. The van der Waals surface area contributed by atoms with E-state index in [-0.39, 0.29) is 18.5 Å². The van der Waals surface area contributed by atoms with Crippen molar-refractivity contribution >= 4 is 23.3 Å². The molecular weight excluding hydrogens is 318 g/mol. The predicted molar refractivity (Wildman–Crippen MR) is 85.6 cm³/mol. The number of carbonyl (C=O) groups is 2. The summed E-state index contributed by atoms with van der Waals surface area (Å²) in [7, 11) is 2.05. The SMILES string of the molecule is CN1CCc2nc(C(=O)N[C@H]3CCN(C(=O)O)C[C@H]3N)sc2C1. The molecule has 3 heterocycles. The van der Waals surface area contributed by atoms with E-state index >= 15 is 0 Å². The number of hydrogen-bond acceptors (Lipinski definition) is 6. The number of thiazole rings is 1. The smallest absolute Gasteiger partial charge is 0.407 e. The first-order chi connectivity index (χ1) is 10.9. The standard InChI is InChI=1S/C14H21N5O3S/c1-18-4-2-10-11(7-18)23-13(17-10)12(20)16-9-3-5-19(14(21)22)6-8(9)15/h8-9H,2-7,15H2,1H3,(H,16,20)(H,21,22)/t8-,9+/m1/s1. The quantitative estimate of drug-likeness (QED) is 0.696. The van der Waals surface area contributed by atoms with Gasteiger partial charge in [0.05, 0.1) is 5.69 Å². The summed E-state index contributed by atoms with van der Waals surface area (Å²) in [4.78, 5) is 32.5. The van der Waals surface area contributed by atoms with Gasteiger partial charge in [0.15, 0.2) is 5.01 Å². The average molecular weight is 339 g/mol. The van der Waals surface area contributed by atoms with Crippen LogP contribution in [0.2, 0.25) is 0 Å². The number of hydrogen-bond donors (Lipinski definition) is 3. The van der Waals surface area contributed by atoms with Gasteiger partial charge in [0, 0.05) is 49.6 Å². The third kappa shape index (κ3) is 3.46. The van der Waals surface area contributed by atoms with E-state index in [1.807, 2.05) is 0 Å². The summed E-state index contributed by atoms with van der Waals surface area (Å²) >= 11 is 1.43. The molecule has 0 spiro atoms. The maximum atomic E-state index is 12.4. The van der Waals surface area contributed by atoms with E-state index in [9.17, 15) is 9.59 Å². The summed E-state index contributed by atoms with van der Waals surface area (Å²) in [6, 6.07) is -0.619. The van der Waals surface area contributed by atoms with Crippen LogP contribution in [0, 0.1) is 0 Å². The van der Waals surface area contributed by atoms with E-state index in [4.69, 9.17) is 10.8 Å². The van der Waals surface area contributed by atoms with E-state index in [0.29, 0.717) is 18.0 Å². The fraction of sp³-hybridized carbons (Fsp3) is 0.643. The normalized spacial score (nSPS) is 25.0. The van der Waals surface area contributed by atoms with Gasteiger partial charge in [-0.15, -0.1) is 11.3 Å². The molecule has 1 aromatic heterocycles. The number of aromatic nitrogens is 1. The van der Waals surface area contributed by atoms with Gasteiger partial charge in [-0.1, -0.05) is 0 Å². The fourth-order valence-electron chi connectivity index (χ4n) is 2.99. The van der Waals surface area contributed by atoms with Crippen molar-refractivity contribution in [2.45, 2.75) is 31.5 Å². The van der Waals surface area contributed by atoms with Crippen LogP contribution in [0.5, 0.6) is 0 Å². The highest BCUT2D eigenvalue weighted by Crippen LogP contribution is 2.24. The van der Waals surface area contributed by atoms with Gasteiger partial charge in [-0.3, -0.25) is 4.79 Å². The van der Waals surface area contributed by atoms with Gasteiger partial charge in [0.2, 0.25) is 0 Å². The van der Waals surface area contributed by atoms with E-state index in [1.54, 1.807) is 0 Å². The molecule has 2 aliphatic rings. The van der Waals surface area contributed by atoms with E-state index < -0.39 is 12.1 Å². The Labute approximate surface area is 138 Å². The van der Waals surface area contributed by atoms with E-state index in [1.165, 1.54) is 16.2 Å². The lowest BCUT2D eigenvalue weighted by molar-refractivity contribution is 0.0889. The van der Waals surface area contributed by atoms with Crippen molar-refractivity contribution in [2.24, 2.45) is 5.73 Å². The maximum Gasteiger partial charge on any atom is 0.407 e. The molecule has 4 N–H and O–H groups in total. The summed E-state index contributed by atoms with van der Waals surface area (Å²) in [6.07, 6.45) is 0.418. The molecule has 0 radical (unpaired) electrons. The average Bonchev–Trinajstić information content (AvgIpc) is 2.92. The molecule has 23 heavy (non-hydrogen) atoms. The Hall–Kier alpha value is -1.71. The third-order valence-electron chi connectivity index (χ3n) is 4.36. The lowest BCUT2D eigenvalue weighted by Crippen LogP contribution is -2.58. The molecule has 2 atom stereocenters. The van der Waals surface area contributed by atoms with Gasteiger partial charge in [-0.2, -0.15) is 0 Å². The summed E-state index contributed by atoms with van der Waals surface area (Å²) in [6.45, 7) is 2.40. The van der Waals surface area contributed by atoms with Crippen molar-refractivity contribution in [1.82, 2.24) is 20.1 Å². The lowest BCUT2D eigenvalue weighted by Gasteiger charge is -2.35. The Morgan fingerprint density at radius 1 is 1.43 bits per heavy atom. The van der Waals surface area contributed by atoms with Gasteiger partial charge in [-0.25, -0.2) is 9.78 Å². The Kier molecular flexibility index (Phi) is 4.51. The molecule has 0 aromatic carbocycles. The number of nitrogens with zero attached hydrogens (tertiary/aromatic N) is 3. The second kappa shape index (κ2) is 6.42. The van der Waals surface area contributed by atoms with Gasteiger partial charge in [0.25, 0.3) is 5.91 Å². The van der Waals surface area contributed by atoms with Crippen LogP contribution in [-0.2, 0) is 13.0 Å².